The fourth-order valence-electron chi connectivity index (χ4n) is 2.50. The molecule has 1 aromatic carbocycles. The maximum atomic E-state index is 9.99. The molecule has 2 aromatic heterocycles. The average Bonchev–Trinajstić information content (AvgIpc) is 2.65. The second-order valence-electron chi connectivity index (χ2n) is 5.78. The molecule has 3 rings (SSSR count). The molecular formula is C18H20ClN5O2. The van der Waals surface area contributed by atoms with E-state index < -0.39 is 0 Å². The smallest absolute Gasteiger partial charge is 0.160 e. The van der Waals surface area contributed by atoms with Crippen molar-refractivity contribution in [1.29, 1.82) is 0 Å². The maximum absolute atomic E-state index is 9.99. The van der Waals surface area contributed by atoms with Crippen LogP contribution in [-0.4, -0.2) is 38.3 Å². The number of aromatic hydroxyl groups is 1. The first-order chi connectivity index (χ1) is 12.7. The van der Waals surface area contributed by atoms with E-state index in [1.54, 1.807) is 12.1 Å². The predicted octanol–water partition coefficient (Wildman–Crippen LogP) is 3.70. The summed E-state index contributed by atoms with van der Waals surface area (Å²) in [6.45, 7) is 0.987. The highest BCUT2D eigenvalue weighted by atomic mass is 35.5. The fraction of sp³-hybridized carbons (Fsp3) is 0.278. The maximum Gasteiger partial charge on any atom is 0.160 e. The SMILES string of the molecule is OCCCCCNc1ccc2ncnc(Nc3cc(Cl)ccc3O)c2n1. The van der Waals surface area contributed by atoms with Gasteiger partial charge < -0.3 is 20.8 Å². The Kier molecular flexibility index (Phi) is 6.04. The normalized spacial score (nSPS) is 10.8. The minimum Gasteiger partial charge on any atom is -0.506 e. The third kappa shape index (κ3) is 4.50. The second-order valence-corrected chi connectivity index (χ2v) is 6.22. The van der Waals surface area contributed by atoms with Gasteiger partial charge in [-0.15, -0.1) is 0 Å². The number of aromatic nitrogens is 3. The van der Waals surface area contributed by atoms with Gasteiger partial charge in [-0.3, -0.25) is 0 Å². The van der Waals surface area contributed by atoms with Crippen molar-refractivity contribution in [2.75, 3.05) is 23.8 Å². The Hall–Kier alpha value is -2.64. The molecule has 2 heterocycles. The van der Waals surface area contributed by atoms with Gasteiger partial charge in [0.2, 0.25) is 0 Å². The number of nitrogens with one attached hydrogen (secondary N) is 2. The molecular weight excluding hydrogens is 354 g/mol. The number of phenols is 1. The summed E-state index contributed by atoms with van der Waals surface area (Å²) in [6, 6.07) is 8.47. The molecule has 3 aromatic rings. The lowest BCUT2D eigenvalue weighted by Crippen LogP contribution is -2.05. The summed E-state index contributed by atoms with van der Waals surface area (Å²) in [4.78, 5) is 13.0. The molecule has 0 atom stereocenters. The largest absolute Gasteiger partial charge is 0.506 e. The van der Waals surface area contributed by atoms with Crippen LogP contribution in [0.5, 0.6) is 5.75 Å². The monoisotopic (exact) mass is 373 g/mol. The molecule has 0 saturated heterocycles. The third-order valence-corrected chi connectivity index (χ3v) is 4.07. The lowest BCUT2D eigenvalue weighted by molar-refractivity contribution is 0.283. The number of halogens is 1. The van der Waals surface area contributed by atoms with Crippen LogP contribution in [0.1, 0.15) is 19.3 Å². The number of phenolic OH excluding ortho intramolecular Hbond substituents is 1. The lowest BCUT2D eigenvalue weighted by atomic mass is 10.2. The first-order valence-electron chi connectivity index (χ1n) is 8.39. The van der Waals surface area contributed by atoms with Gasteiger partial charge in [0.1, 0.15) is 23.4 Å². The van der Waals surface area contributed by atoms with Crippen molar-refractivity contribution in [2.24, 2.45) is 0 Å². The van der Waals surface area contributed by atoms with E-state index in [4.69, 9.17) is 16.7 Å². The molecule has 26 heavy (non-hydrogen) atoms. The Morgan fingerprint density at radius 2 is 1.92 bits per heavy atom. The van der Waals surface area contributed by atoms with E-state index in [1.807, 2.05) is 12.1 Å². The standard InChI is InChI=1S/C18H20ClN5O2/c19-12-4-6-15(26)14(10-12)23-18-17-13(21-11-22-18)5-7-16(24-17)20-8-2-1-3-9-25/h4-7,10-11,25-26H,1-3,8-9H2,(H,20,24)(H,21,22,23). The minimum absolute atomic E-state index is 0.0688. The number of aliphatic hydroxyl groups is 1. The zero-order valence-corrected chi connectivity index (χ0v) is 14.9. The van der Waals surface area contributed by atoms with E-state index in [2.05, 4.69) is 25.6 Å². The van der Waals surface area contributed by atoms with Crippen LogP contribution in [0.3, 0.4) is 0 Å². The van der Waals surface area contributed by atoms with Crippen LogP contribution in [0.15, 0.2) is 36.7 Å². The van der Waals surface area contributed by atoms with E-state index in [1.165, 1.54) is 12.4 Å². The van der Waals surface area contributed by atoms with Crippen LogP contribution in [-0.2, 0) is 0 Å². The van der Waals surface area contributed by atoms with Gasteiger partial charge in [-0.25, -0.2) is 15.0 Å². The molecule has 0 bridgehead atoms. The summed E-state index contributed by atoms with van der Waals surface area (Å²) >= 11 is 5.99. The number of nitrogens with zero attached hydrogens (tertiary/aromatic N) is 3. The van der Waals surface area contributed by atoms with E-state index in [9.17, 15) is 5.11 Å². The summed E-state index contributed by atoms with van der Waals surface area (Å²) < 4.78 is 0. The van der Waals surface area contributed by atoms with Crippen LogP contribution in [0.2, 0.25) is 5.02 Å². The predicted molar refractivity (Wildman–Crippen MR) is 103 cm³/mol. The zero-order chi connectivity index (χ0) is 18.4. The van der Waals surface area contributed by atoms with E-state index >= 15 is 0 Å². The molecule has 4 N–H and O–H groups in total. The van der Waals surface area contributed by atoms with Gasteiger partial charge in [-0.05, 0) is 49.6 Å². The quantitative estimate of drug-likeness (QED) is 0.352. The first-order valence-corrected chi connectivity index (χ1v) is 8.77. The van der Waals surface area contributed by atoms with Crippen molar-refractivity contribution in [2.45, 2.75) is 19.3 Å². The van der Waals surface area contributed by atoms with Crippen LogP contribution >= 0.6 is 11.6 Å². The molecule has 0 fully saturated rings. The molecule has 0 radical (unpaired) electrons. The summed E-state index contributed by atoms with van der Waals surface area (Å²) in [5, 5.41) is 25.6. The Morgan fingerprint density at radius 1 is 1.04 bits per heavy atom. The Morgan fingerprint density at radius 3 is 2.77 bits per heavy atom. The molecule has 0 aliphatic heterocycles. The minimum atomic E-state index is 0.0688. The summed E-state index contributed by atoms with van der Waals surface area (Å²) in [5.41, 5.74) is 1.73. The van der Waals surface area contributed by atoms with Crippen molar-refractivity contribution in [3.63, 3.8) is 0 Å². The second kappa shape index (κ2) is 8.64. The number of benzene rings is 1. The number of rotatable bonds is 8. The number of fused-ring (bicyclic) bond motifs is 1. The summed E-state index contributed by atoms with van der Waals surface area (Å²) in [6.07, 6.45) is 4.15. The Labute approximate surface area is 156 Å². The molecule has 0 amide bonds. The van der Waals surface area contributed by atoms with Gasteiger partial charge >= 0.3 is 0 Å². The van der Waals surface area contributed by atoms with Crippen molar-refractivity contribution < 1.29 is 10.2 Å². The van der Waals surface area contributed by atoms with Gasteiger partial charge in [0.15, 0.2) is 5.82 Å². The fourth-order valence-corrected chi connectivity index (χ4v) is 2.67. The van der Waals surface area contributed by atoms with Crippen LogP contribution in [0.4, 0.5) is 17.3 Å². The molecule has 7 nitrogen and oxygen atoms in total. The van der Waals surface area contributed by atoms with Gasteiger partial charge in [0.05, 0.1) is 11.2 Å². The van der Waals surface area contributed by atoms with Crippen LogP contribution in [0, 0.1) is 0 Å². The molecule has 136 valence electrons. The van der Waals surface area contributed by atoms with Crippen molar-refractivity contribution in [1.82, 2.24) is 15.0 Å². The Balaban J connectivity index is 1.81. The highest BCUT2D eigenvalue weighted by molar-refractivity contribution is 6.31. The third-order valence-electron chi connectivity index (χ3n) is 3.83. The van der Waals surface area contributed by atoms with Gasteiger partial charge in [-0.1, -0.05) is 11.6 Å². The number of anilines is 3. The number of unbranched alkanes of at least 4 members (excludes halogenated alkanes) is 2. The molecule has 0 unspecified atom stereocenters. The lowest BCUT2D eigenvalue weighted by Gasteiger charge is -2.11. The van der Waals surface area contributed by atoms with Gasteiger partial charge in [-0.2, -0.15) is 0 Å². The van der Waals surface area contributed by atoms with E-state index in [-0.39, 0.29) is 12.4 Å². The summed E-state index contributed by atoms with van der Waals surface area (Å²) in [7, 11) is 0. The van der Waals surface area contributed by atoms with E-state index in [0.717, 1.165) is 31.6 Å². The van der Waals surface area contributed by atoms with Gasteiger partial charge in [0, 0.05) is 18.2 Å². The van der Waals surface area contributed by atoms with Crippen molar-refractivity contribution >= 4 is 40.0 Å². The number of pyridine rings is 1. The molecule has 0 spiro atoms. The van der Waals surface area contributed by atoms with Crippen LogP contribution < -0.4 is 10.6 Å². The number of aliphatic hydroxyl groups excluding tert-OH is 1. The Bertz CT molecular complexity index is 891. The molecule has 8 heteroatoms. The highest BCUT2D eigenvalue weighted by Crippen LogP contribution is 2.30. The van der Waals surface area contributed by atoms with Crippen molar-refractivity contribution in [3.8, 4) is 5.75 Å². The number of hydrogen-bond acceptors (Lipinski definition) is 7. The number of hydrogen-bond donors (Lipinski definition) is 4. The van der Waals surface area contributed by atoms with Crippen LogP contribution in [0.25, 0.3) is 11.0 Å². The molecule has 0 aliphatic rings. The first kappa shape index (κ1) is 18.2. The average molecular weight is 374 g/mol. The van der Waals surface area contributed by atoms with E-state index in [0.29, 0.717) is 27.6 Å². The van der Waals surface area contributed by atoms with Crippen molar-refractivity contribution in [3.05, 3.63) is 41.7 Å². The topological polar surface area (TPSA) is 103 Å². The summed E-state index contributed by atoms with van der Waals surface area (Å²) in [5.74, 6) is 1.27. The van der Waals surface area contributed by atoms with Gasteiger partial charge in [0.25, 0.3) is 0 Å². The molecule has 0 aliphatic carbocycles. The zero-order valence-electron chi connectivity index (χ0n) is 14.1. The highest BCUT2D eigenvalue weighted by Gasteiger charge is 2.09. The molecule has 0 saturated carbocycles.